The van der Waals surface area contributed by atoms with Gasteiger partial charge in [-0.2, -0.15) is 0 Å². The van der Waals surface area contributed by atoms with Crippen LogP contribution in [0.5, 0.6) is 5.75 Å². The van der Waals surface area contributed by atoms with Crippen LogP contribution in [0.1, 0.15) is 38.8 Å². The largest absolute Gasteiger partial charge is 0.481 e. The van der Waals surface area contributed by atoms with E-state index in [9.17, 15) is 13.2 Å². The highest BCUT2D eigenvalue weighted by Crippen LogP contribution is 2.25. The molecule has 0 aromatic heterocycles. The molecule has 0 aliphatic rings. The second-order valence-corrected chi connectivity index (χ2v) is 9.79. The first kappa shape index (κ1) is 21.0. The van der Waals surface area contributed by atoms with Crippen molar-refractivity contribution in [3.05, 3.63) is 53.6 Å². The molecule has 0 radical (unpaired) electrons. The molecule has 1 unspecified atom stereocenters. The third-order valence-electron chi connectivity index (χ3n) is 4.30. The van der Waals surface area contributed by atoms with Crippen LogP contribution in [0.4, 0.5) is 5.69 Å². The highest BCUT2D eigenvalue weighted by Gasteiger charge is 2.18. The van der Waals surface area contributed by atoms with Gasteiger partial charge in [-0.25, -0.2) is 8.42 Å². The number of rotatable bonds is 5. The summed E-state index contributed by atoms with van der Waals surface area (Å²) >= 11 is 0. The molecule has 2 aromatic rings. The number of carbonyl (C=O) groups excluding carboxylic acids is 1. The third kappa shape index (κ3) is 5.57. The van der Waals surface area contributed by atoms with Gasteiger partial charge in [0.1, 0.15) is 5.75 Å². The fraction of sp³-hybridized carbons (Fsp3) is 0.381. The first-order chi connectivity index (χ1) is 12.4. The van der Waals surface area contributed by atoms with E-state index >= 15 is 0 Å². The molecule has 1 amide bonds. The average Bonchev–Trinajstić information content (AvgIpc) is 2.55. The van der Waals surface area contributed by atoms with Crippen molar-refractivity contribution in [3.8, 4) is 5.75 Å². The van der Waals surface area contributed by atoms with Crippen LogP contribution in [0.15, 0.2) is 47.4 Å². The lowest BCUT2D eigenvalue weighted by Gasteiger charge is -2.20. The fourth-order valence-corrected chi connectivity index (χ4v) is 3.14. The van der Waals surface area contributed by atoms with Gasteiger partial charge in [-0.15, -0.1) is 0 Å². The topological polar surface area (TPSA) is 72.5 Å². The van der Waals surface area contributed by atoms with E-state index in [1.165, 1.54) is 17.7 Å². The van der Waals surface area contributed by atoms with Crippen molar-refractivity contribution in [1.29, 1.82) is 0 Å². The first-order valence-corrected chi connectivity index (χ1v) is 10.7. The van der Waals surface area contributed by atoms with Gasteiger partial charge in [0.25, 0.3) is 5.91 Å². The lowest BCUT2D eigenvalue weighted by molar-refractivity contribution is -0.122. The van der Waals surface area contributed by atoms with Crippen molar-refractivity contribution < 1.29 is 17.9 Å². The van der Waals surface area contributed by atoms with E-state index in [2.05, 4.69) is 26.1 Å². The molecule has 0 bridgehead atoms. The summed E-state index contributed by atoms with van der Waals surface area (Å²) in [4.78, 5) is 12.6. The van der Waals surface area contributed by atoms with E-state index in [0.29, 0.717) is 11.4 Å². The van der Waals surface area contributed by atoms with Crippen LogP contribution in [-0.4, -0.2) is 26.7 Å². The Kier molecular flexibility index (Phi) is 6.00. The Morgan fingerprint density at radius 1 is 1.07 bits per heavy atom. The van der Waals surface area contributed by atoms with Gasteiger partial charge in [0.05, 0.1) is 4.90 Å². The maximum Gasteiger partial charge on any atom is 0.265 e. The molecular formula is C21H27NO4S. The molecule has 0 saturated heterocycles. The Morgan fingerprint density at radius 2 is 1.67 bits per heavy atom. The zero-order valence-electron chi connectivity index (χ0n) is 16.7. The lowest BCUT2D eigenvalue weighted by atomic mass is 9.87. The quantitative estimate of drug-likeness (QED) is 0.835. The number of amides is 1. The molecule has 6 heteroatoms. The first-order valence-electron chi connectivity index (χ1n) is 8.77. The molecule has 1 N–H and O–H groups in total. The number of anilines is 1. The summed E-state index contributed by atoms with van der Waals surface area (Å²) in [6.45, 7) is 9.85. The van der Waals surface area contributed by atoms with Crippen LogP contribution in [0.2, 0.25) is 0 Å². The molecule has 1 atom stereocenters. The van der Waals surface area contributed by atoms with E-state index < -0.39 is 15.9 Å². The molecule has 0 aliphatic heterocycles. The van der Waals surface area contributed by atoms with Crippen molar-refractivity contribution in [2.75, 3.05) is 11.6 Å². The van der Waals surface area contributed by atoms with E-state index in [-0.39, 0.29) is 16.2 Å². The number of hydrogen-bond donors (Lipinski definition) is 1. The van der Waals surface area contributed by atoms with Gasteiger partial charge in [0.2, 0.25) is 0 Å². The second kappa shape index (κ2) is 7.72. The van der Waals surface area contributed by atoms with Gasteiger partial charge in [-0.05, 0) is 54.7 Å². The maximum absolute atomic E-state index is 12.5. The summed E-state index contributed by atoms with van der Waals surface area (Å²) in [5, 5.41) is 2.75. The molecule has 0 aliphatic carbocycles. The summed E-state index contributed by atoms with van der Waals surface area (Å²) in [5.41, 5.74) is 2.46. The fourth-order valence-electron chi connectivity index (χ4n) is 2.49. The Balaban J connectivity index is 2.10. The highest BCUT2D eigenvalue weighted by atomic mass is 32.2. The standard InChI is InChI=1S/C21H27NO4S/c1-14-7-12-18(27(6,24)25)13-19(14)22-20(23)15(2)26-17-10-8-16(9-11-17)21(3,4)5/h7-13,15H,1-6H3,(H,22,23). The molecule has 5 nitrogen and oxygen atoms in total. The summed E-state index contributed by atoms with van der Waals surface area (Å²) in [5.74, 6) is 0.260. The molecule has 0 spiro atoms. The number of ether oxygens (including phenoxy) is 1. The van der Waals surface area contributed by atoms with Crippen molar-refractivity contribution in [2.45, 2.75) is 51.0 Å². The highest BCUT2D eigenvalue weighted by molar-refractivity contribution is 7.90. The number of nitrogens with one attached hydrogen (secondary N) is 1. The number of benzene rings is 2. The van der Waals surface area contributed by atoms with Crippen molar-refractivity contribution in [3.63, 3.8) is 0 Å². The molecule has 0 fully saturated rings. The number of carbonyl (C=O) groups is 1. The van der Waals surface area contributed by atoms with Gasteiger partial charge in [0.15, 0.2) is 15.9 Å². The molecule has 0 heterocycles. The van der Waals surface area contributed by atoms with Gasteiger partial charge in [-0.1, -0.05) is 39.0 Å². The Labute approximate surface area is 161 Å². The summed E-state index contributed by atoms with van der Waals surface area (Å²) in [7, 11) is -3.35. The van der Waals surface area contributed by atoms with Gasteiger partial charge >= 0.3 is 0 Å². The minimum Gasteiger partial charge on any atom is -0.481 e. The normalized spacial score (nSPS) is 13.1. The lowest BCUT2D eigenvalue weighted by Crippen LogP contribution is -2.30. The van der Waals surface area contributed by atoms with Gasteiger partial charge in [0, 0.05) is 11.9 Å². The zero-order chi connectivity index (χ0) is 20.4. The molecule has 27 heavy (non-hydrogen) atoms. The molecule has 146 valence electrons. The average molecular weight is 390 g/mol. The van der Waals surface area contributed by atoms with E-state index in [4.69, 9.17) is 4.74 Å². The van der Waals surface area contributed by atoms with E-state index in [1.54, 1.807) is 19.9 Å². The minimum absolute atomic E-state index is 0.0453. The van der Waals surface area contributed by atoms with Crippen LogP contribution >= 0.6 is 0 Å². The monoisotopic (exact) mass is 389 g/mol. The van der Waals surface area contributed by atoms with Gasteiger partial charge < -0.3 is 10.1 Å². The third-order valence-corrected chi connectivity index (χ3v) is 5.41. The van der Waals surface area contributed by atoms with Crippen LogP contribution in [0.25, 0.3) is 0 Å². The smallest absolute Gasteiger partial charge is 0.265 e. The Hall–Kier alpha value is -2.34. The van der Waals surface area contributed by atoms with Crippen molar-refractivity contribution >= 4 is 21.4 Å². The predicted molar refractivity (Wildman–Crippen MR) is 108 cm³/mol. The van der Waals surface area contributed by atoms with Crippen LogP contribution in [0.3, 0.4) is 0 Å². The van der Waals surface area contributed by atoms with Gasteiger partial charge in [-0.3, -0.25) is 4.79 Å². The number of sulfone groups is 1. The number of aryl methyl sites for hydroxylation is 1. The minimum atomic E-state index is -3.35. The van der Waals surface area contributed by atoms with Crippen LogP contribution < -0.4 is 10.1 Å². The van der Waals surface area contributed by atoms with Crippen molar-refractivity contribution in [2.24, 2.45) is 0 Å². The SMILES string of the molecule is Cc1ccc(S(C)(=O)=O)cc1NC(=O)C(C)Oc1ccc(C(C)(C)C)cc1. The second-order valence-electron chi connectivity index (χ2n) is 7.77. The maximum atomic E-state index is 12.5. The molecule has 2 rings (SSSR count). The predicted octanol–water partition coefficient (Wildman–Crippen LogP) is 4.10. The summed E-state index contributed by atoms with van der Waals surface area (Å²) < 4.78 is 29.2. The van der Waals surface area contributed by atoms with Crippen LogP contribution in [0, 0.1) is 6.92 Å². The van der Waals surface area contributed by atoms with Crippen molar-refractivity contribution in [1.82, 2.24) is 0 Å². The van der Waals surface area contributed by atoms with E-state index in [0.717, 1.165) is 11.8 Å². The number of hydrogen-bond acceptors (Lipinski definition) is 4. The van der Waals surface area contributed by atoms with E-state index in [1.807, 2.05) is 24.3 Å². The molecule has 2 aromatic carbocycles. The summed E-state index contributed by atoms with van der Waals surface area (Å²) in [6, 6.07) is 12.3. The molecular weight excluding hydrogens is 362 g/mol. The summed E-state index contributed by atoms with van der Waals surface area (Å²) in [6.07, 6.45) is 0.405. The molecule has 0 saturated carbocycles. The Morgan fingerprint density at radius 3 is 2.19 bits per heavy atom. The van der Waals surface area contributed by atoms with Crippen LogP contribution in [-0.2, 0) is 20.0 Å². The zero-order valence-corrected chi connectivity index (χ0v) is 17.5. The Bertz CT molecular complexity index is 926.